The number of nitrogens with one attached hydrogen (secondary N) is 4. The van der Waals surface area contributed by atoms with E-state index in [9.17, 15) is 24.0 Å². The van der Waals surface area contributed by atoms with E-state index in [1.807, 2.05) is 62.4 Å². The number of hydrogen-bond acceptors (Lipinski definition) is 8. The fourth-order valence-corrected chi connectivity index (χ4v) is 4.85. The molecule has 11 nitrogen and oxygen atoms in total. The molecule has 1 aliphatic heterocycles. The highest BCUT2D eigenvalue weighted by Gasteiger charge is 2.38. The second kappa shape index (κ2) is 17.0. The van der Waals surface area contributed by atoms with E-state index in [1.54, 1.807) is 12.1 Å². The van der Waals surface area contributed by atoms with Gasteiger partial charge in [-0.1, -0.05) is 74.5 Å². The maximum atomic E-state index is 13.6. The quantitative estimate of drug-likeness (QED) is 0.243. The summed E-state index contributed by atoms with van der Waals surface area (Å²) in [5, 5.41) is 10.9. The molecule has 3 rings (SSSR count). The first-order valence-electron chi connectivity index (χ1n) is 14.6. The summed E-state index contributed by atoms with van der Waals surface area (Å²) < 4.78 is 10.9. The topological polar surface area (TPSA) is 152 Å². The van der Waals surface area contributed by atoms with Crippen LogP contribution >= 0.6 is 0 Å². The van der Waals surface area contributed by atoms with Gasteiger partial charge in [-0.3, -0.25) is 19.2 Å². The molecule has 0 radical (unpaired) electrons. The number of carbonyl (C=O) groups excluding carboxylic acids is 5. The van der Waals surface area contributed by atoms with Crippen LogP contribution in [0.25, 0.3) is 0 Å². The van der Waals surface area contributed by atoms with Gasteiger partial charge in [-0.25, -0.2) is 4.79 Å². The van der Waals surface area contributed by atoms with Crippen molar-refractivity contribution in [3.05, 3.63) is 71.8 Å². The number of esters is 2. The normalized spacial score (nSPS) is 17.7. The molecule has 0 aliphatic carbocycles. The van der Waals surface area contributed by atoms with Gasteiger partial charge in [-0.05, 0) is 42.9 Å². The summed E-state index contributed by atoms with van der Waals surface area (Å²) in [5.74, 6) is -3.59. The molecule has 11 heteroatoms. The zero-order chi connectivity index (χ0) is 31.2. The Morgan fingerprint density at radius 3 is 2.02 bits per heavy atom. The molecule has 0 spiro atoms. The minimum atomic E-state index is -1.36. The molecule has 2 aromatic rings. The Balaban J connectivity index is 1.74. The van der Waals surface area contributed by atoms with Gasteiger partial charge in [0, 0.05) is 7.05 Å². The number of benzene rings is 2. The van der Waals surface area contributed by atoms with E-state index in [0.717, 1.165) is 11.1 Å². The van der Waals surface area contributed by atoms with Crippen LogP contribution in [0.1, 0.15) is 50.7 Å². The molecule has 232 valence electrons. The third kappa shape index (κ3) is 10.8. The lowest BCUT2D eigenvalue weighted by Crippen LogP contribution is -2.60. The molecule has 4 N–H and O–H groups in total. The average molecular weight is 595 g/mol. The van der Waals surface area contributed by atoms with Crippen LogP contribution in [0.15, 0.2) is 60.7 Å². The van der Waals surface area contributed by atoms with Crippen molar-refractivity contribution >= 4 is 29.7 Å². The Labute approximate surface area is 252 Å². The minimum absolute atomic E-state index is 0.00727. The van der Waals surface area contributed by atoms with E-state index < -0.39 is 54.2 Å². The van der Waals surface area contributed by atoms with E-state index in [2.05, 4.69) is 21.3 Å². The molecular weight excluding hydrogens is 552 g/mol. The maximum Gasteiger partial charge on any atom is 0.328 e. The molecule has 0 saturated carbocycles. The Hall–Kier alpha value is -4.25. The van der Waals surface area contributed by atoms with Crippen molar-refractivity contribution < 1.29 is 33.4 Å². The van der Waals surface area contributed by atoms with E-state index in [0.29, 0.717) is 19.4 Å². The maximum absolute atomic E-state index is 13.6. The Bertz CT molecular complexity index is 1220. The Morgan fingerprint density at radius 1 is 0.837 bits per heavy atom. The molecule has 4 atom stereocenters. The number of ether oxygens (including phenoxy) is 2. The molecule has 1 heterocycles. The lowest BCUT2D eigenvalue weighted by Gasteiger charge is -2.31. The van der Waals surface area contributed by atoms with Crippen LogP contribution in [0.2, 0.25) is 0 Å². The van der Waals surface area contributed by atoms with Gasteiger partial charge >= 0.3 is 11.9 Å². The third-order valence-electron chi connectivity index (χ3n) is 7.10. The first-order chi connectivity index (χ1) is 20.7. The van der Waals surface area contributed by atoms with Gasteiger partial charge in [0.1, 0.15) is 25.3 Å². The van der Waals surface area contributed by atoms with Crippen LogP contribution in [0.4, 0.5) is 0 Å². The van der Waals surface area contributed by atoms with Gasteiger partial charge in [-0.2, -0.15) is 0 Å². The van der Waals surface area contributed by atoms with Crippen molar-refractivity contribution in [3.8, 4) is 0 Å². The van der Waals surface area contributed by atoms with Gasteiger partial charge in [0.2, 0.25) is 17.7 Å². The van der Waals surface area contributed by atoms with Crippen molar-refractivity contribution in [1.29, 1.82) is 0 Å². The van der Waals surface area contributed by atoms with Crippen LogP contribution in [0, 0.1) is 11.8 Å². The van der Waals surface area contributed by atoms with Crippen LogP contribution in [0.5, 0.6) is 0 Å². The highest BCUT2D eigenvalue weighted by molar-refractivity contribution is 5.96. The second-order valence-corrected chi connectivity index (χ2v) is 11.0. The number of carbonyl (C=O) groups is 5. The predicted molar refractivity (Wildman–Crippen MR) is 159 cm³/mol. The number of piperidine rings is 1. The van der Waals surface area contributed by atoms with Crippen molar-refractivity contribution in [3.63, 3.8) is 0 Å². The van der Waals surface area contributed by atoms with E-state index >= 15 is 0 Å². The summed E-state index contributed by atoms with van der Waals surface area (Å²) in [7, 11) is 1.50. The van der Waals surface area contributed by atoms with Crippen LogP contribution in [0.3, 0.4) is 0 Å². The van der Waals surface area contributed by atoms with Crippen molar-refractivity contribution in [2.45, 2.75) is 70.9 Å². The van der Waals surface area contributed by atoms with Gasteiger partial charge in [0.05, 0.1) is 18.4 Å². The molecular formula is C32H42N4O7. The minimum Gasteiger partial charge on any atom is -0.461 e. The summed E-state index contributed by atoms with van der Waals surface area (Å²) in [6.45, 7) is 4.34. The summed E-state index contributed by atoms with van der Waals surface area (Å²) >= 11 is 0. The number of amides is 3. The molecule has 3 amide bonds. The van der Waals surface area contributed by atoms with Crippen molar-refractivity contribution in [1.82, 2.24) is 21.3 Å². The molecule has 1 fully saturated rings. The summed E-state index contributed by atoms with van der Waals surface area (Å²) in [6.07, 6.45) is 1.00. The van der Waals surface area contributed by atoms with E-state index in [1.165, 1.54) is 7.05 Å². The number of rotatable bonds is 14. The smallest absolute Gasteiger partial charge is 0.328 e. The molecule has 0 bridgehead atoms. The molecule has 0 unspecified atom stereocenters. The lowest BCUT2D eigenvalue weighted by atomic mass is 9.89. The molecule has 1 aliphatic rings. The third-order valence-corrected chi connectivity index (χ3v) is 7.10. The van der Waals surface area contributed by atoms with Crippen molar-refractivity contribution in [2.75, 3.05) is 13.6 Å². The van der Waals surface area contributed by atoms with E-state index in [-0.39, 0.29) is 31.5 Å². The second-order valence-electron chi connectivity index (χ2n) is 11.0. The fourth-order valence-electron chi connectivity index (χ4n) is 4.85. The average Bonchev–Trinajstić information content (AvgIpc) is 3.02. The predicted octanol–water partition coefficient (Wildman–Crippen LogP) is 1.99. The van der Waals surface area contributed by atoms with Crippen LogP contribution in [-0.4, -0.2) is 61.4 Å². The number of hydrogen-bond donors (Lipinski definition) is 4. The Morgan fingerprint density at radius 2 is 1.44 bits per heavy atom. The van der Waals surface area contributed by atoms with Crippen LogP contribution < -0.4 is 21.3 Å². The van der Waals surface area contributed by atoms with Crippen molar-refractivity contribution in [2.24, 2.45) is 11.8 Å². The lowest BCUT2D eigenvalue weighted by molar-refractivity contribution is -0.150. The highest BCUT2D eigenvalue weighted by atomic mass is 16.5. The van der Waals surface area contributed by atoms with Gasteiger partial charge in [-0.15, -0.1) is 0 Å². The Kier molecular flexibility index (Phi) is 13.2. The first-order valence-corrected chi connectivity index (χ1v) is 14.6. The standard InChI is InChI=1S/C32H42N4O7/c1-21(2)17-26(32(41)43-20-23-13-8-5-9-14-23)36-30(39)25(18-27(37)42-19-22-11-6-4-7-12-22)35-31(40)28-24(29(38)33-3)15-10-16-34-28/h4-9,11-14,21,24-26,28,34H,10,15-20H2,1-3H3,(H,33,38)(H,35,40)(H,36,39)/t24-,25+,26+,28+/m1/s1. The summed E-state index contributed by atoms with van der Waals surface area (Å²) in [6, 6.07) is 14.9. The molecule has 43 heavy (non-hydrogen) atoms. The monoisotopic (exact) mass is 594 g/mol. The largest absolute Gasteiger partial charge is 0.461 e. The molecule has 0 aromatic heterocycles. The van der Waals surface area contributed by atoms with Gasteiger partial charge in [0.25, 0.3) is 0 Å². The molecule has 2 aromatic carbocycles. The van der Waals surface area contributed by atoms with Gasteiger partial charge < -0.3 is 30.7 Å². The van der Waals surface area contributed by atoms with Gasteiger partial charge in [0.15, 0.2) is 0 Å². The molecule has 1 saturated heterocycles. The van der Waals surface area contributed by atoms with E-state index in [4.69, 9.17) is 9.47 Å². The fraction of sp³-hybridized carbons (Fsp3) is 0.469. The van der Waals surface area contributed by atoms with Crippen LogP contribution in [-0.2, 0) is 46.7 Å². The SMILES string of the molecule is CNC(=O)[C@@H]1CCCN[C@@H]1C(=O)N[C@@H](CC(=O)OCc1ccccc1)C(=O)N[C@@H](CC(C)C)C(=O)OCc1ccccc1. The summed E-state index contributed by atoms with van der Waals surface area (Å²) in [4.78, 5) is 65.3. The summed E-state index contributed by atoms with van der Waals surface area (Å²) in [5.41, 5.74) is 1.56. The zero-order valence-electron chi connectivity index (χ0n) is 25.0. The zero-order valence-corrected chi connectivity index (χ0v) is 25.0. The first kappa shape index (κ1) is 33.3. The highest BCUT2D eigenvalue weighted by Crippen LogP contribution is 2.18.